The minimum Gasteiger partial charge on any atom is -0.477 e. The van der Waals surface area contributed by atoms with E-state index >= 15 is 0 Å². The number of carboxylic acids is 2. The highest BCUT2D eigenvalue weighted by Gasteiger charge is 2.64. The van der Waals surface area contributed by atoms with Crippen LogP contribution in [0.3, 0.4) is 0 Å². The van der Waals surface area contributed by atoms with Gasteiger partial charge < -0.3 is 185 Å². The highest BCUT2D eigenvalue weighted by molar-refractivity contribution is 5.78. The average Bonchev–Trinajstić information content (AvgIpc) is 0.752. The Bertz CT molecular complexity index is 3250. The molecule has 0 aromatic rings. The Labute approximate surface area is 740 Å². The molecular weight excluding hydrogens is 1690 g/mol. The van der Waals surface area contributed by atoms with E-state index in [2.05, 4.69) is 41.9 Å². The Balaban J connectivity index is 1.30. The number of Topliss-reactive ketones (excluding diaryl/α,β-unsaturated/α-hetero) is 1. The first-order chi connectivity index (χ1) is 60.6. The van der Waals surface area contributed by atoms with Gasteiger partial charge in [-0.3, -0.25) is 14.4 Å². The number of carbonyl (C=O) groups excluding carboxylic acids is 4. The van der Waals surface area contributed by atoms with Crippen molar-refractivity contribution in [1.82, 2.24) is 16.0 Å². The first kappa shape index (κ1) is 111. The molecule has 34 unspecified atom stereocenters. The summed E-state index contributed by atoms with van der Waals surface area (Å²) in [5.74, 6) is -16.1. The number of carbonyl (C=O) groups is 6. The minimum atomic E-state index is -3.49. The molecule has 42 heteroatoms. The summed E-state index contributed by atoms with van der Waals surface area (Å²) in [5, 5.41) is 245. The van der Waals surface area contributed by atoms with Gasteiger partial charge in [-0.2, -0.15) is 0 Å². The fourth-order valence-electron chi connectivity index (χ4n) is 16.9. The number of unbranched alkanes of at least 4 members (excludes halogenated alkanes) is 22. The van der Waals surface area contributed by atoms with Crippen LogP contribution in [0.15, 0.2) is 24.3 Å². The van der Waals surface area contributed by atoms with Gasteiger partial charge in [0.15, 0.2) is 25.2 Å². The number of nitrogens with one attached hydrogen (secondary N) is 3. The second kappa shape index (κ2) is 56.4. The number of aliphatic hydroxyl groups is 19. The van der Waals surface area contributed by atoms with Crippen LogP contribution in [0.4, 0.5) is 0 Å². The van der Waals surface area contributed by atoms with Crippen molar-refractivity contribution >= 4 is 35.4 Å². The lowest BCUT2D eigenvalue weighted by atomic mass is 9.86. The van der Waals surface area contributed by atoms with Crippen molar-refractivity contribution in [2.45, 2.75) is 422 Å². The van der Waals surface area contributed by atoms with Crippen LogP contribution >= 0.6 is 0 Å². The third-order valence-corrected chi connectivity index (χ3v) is 24.0. The first-order valence-electron chi connectivity index (χ1n) is 45.1. The Morgan fingerprint density at radius 2 is 0.819 bits per heavy atom. The molecule has 0 aliphatic carbocycles. The van der Waals surface area contributed by atoms with Crippen LogP contribution in [-0.2, 0) is 85.6 Å². The van der Waals surface area contributed by atoms with Crippen LogP contribution in [0.1, 0.15) is 221 Å². The molecule has 0 radical (unpaired) electrons. The largest absolute Gasteiger partial charge is 0.477 e. The topological polar surface area (TPSA) is 674 Å². The van der Waals surface area contributed by atoms with Crippen LogP contribution in [0.2, 0.25) is 0 Å². The van der Waals surface area contributed by atoms with E-state index in [4.69, 9.17) is 56.8 Å². The molecule has 42 nitrogen and oxygen atoms in total. The van der Waals surface area contributed by atoms with Crippen molar-refractivity contribution in [2.75, 3.05) is 46.2 Å². The lowest BCUT2D eigenvalue weighted by Gasteiger charge is -2.53. The second-order valence-corrected chi connectivity index (χ2v) is 34.2. The maximum atomic E-state index is 14.1. The monoisotopic (exact) mass is 1830 g/mol. The molecule has 6 aliphatic heterocycles. The van der Waals surface area contributed by atoms with Crippen molar-refractivity contribution in [3.63, 3.8) is 0 Å². The van der Waals surface area contributed by atoms with Crippen molar-refractivity contribution in [1.29, 1.82) is 0 Å². The lowest BCUT2D eigenvalue weighted by molar-refractivity contribution is -0.408. The summed E-state index contributed by atoms with van der Waals surface area (Å²) in [7, 11) is 0. The maximum Gasteiger partial charge on any atom is 0.364 e. The summed E-state index contributed by atoms with van der Waals surface area (Å²) in [5.41, 5.74) is 0. The number of aliphatic carboxylic acids is 2. The molecule has 736 valence electrons. The number of hydrogen-bond acceptors (Lipinski definition) is 37. The van der Waals surface area contributed by atoms with Gasteiger partial charge in [0, 0.05) is 45.4 Å². The van der Waals surface area contributed by atoms with Gasteiger partial charge in [-0.1, -0.05) is 154 Å². The molecule has 6 heterocycles. The third-order valence-electron chi connectivity index (χ3n) is 24.0. The molecule has 0 saturated carbocycles. The van der Waals surface area contributed by atoms with E-state index < -0.39 is 308 Å². The van der Waals surface area contributed by atoms with Crippen LogP contribution in [-0.4, -0.2) is 390 Å². The Hall–Kier alpha value is -4.74. The predicted octanol–water partition coefficient (Wildman–Crippen LogP) is -3.00. The summed E-state index contributed by atoms with van der Waals surface area (Å²) in [6.07, 6.45) is -31.2. The zero-order valence-electron chi connectivity index (χ0n) is 73.5. The number of ether oxygens (including phenoxy) is 12. The van der Waals surface area contributed by atoms with E-state index in [1.165, 1.54) is 70.3 Å². The molecule has 6 saturated heterocycles. The fourth-order valence-corrected chi connectivity index (χ4v) is 16.9. The second-order valence-electron chi connectivity index (χ2n) is 34.2. The third kappa shape index (κ3) is 32.5. The molecule has 3 amide bonds. The van der Waals surface area contributed by atoms with Gasteiger partial charge in [-0.25, -0.2) is 9.59 Å². The van der Waals surface area contributed by atoms with E-state index in [-0.39, 0.29) is 6.42 Å². The summed E-state index contributed by atoms with van der Waals surface area (Å²) in [6.45, 7) is -0.664. The van der Waals surface area contributed by atoms with Gasteiger partial charge in [0.05, 0.1) is 88.8 Å². The molecule has 6 rings (SSSR count). The van der Waals surface area contributed by atoms with Crippen molar-refractivity contribution in [3.05, 3.63) is 24.3 Å². The molecular formula is C85H147N3O39. The SMILES string of the molecule is CCCCCCC=CCCCCCCCCCC(=O)NC(COC1OC(CO)C(OC2OC(CO)C(OC3OC(CO)C(O)C(OC4OC(CO)C(O)C(OC5(C(=O)O)CC(O)C(NC(C)=O)C(C(O)C(O)CO)O5)C4O)C3CC(C)=O)C(OC3(C(=O)O)CC(O)C(NC(C)=O)C(C(O)C(O)CO)O3)C2O)C(O)C1O)C(O)C=CCCCCCCCCCCCCC. The highest BCUT2D eigenvalue weighted by Crippen LogP contribution is 2.44. The Kier molecular flexibility index (Phi) is 49.3. The van der Waals surface area contributed by atoms with Gasteiger partial charge in [-0.15, -0.1) is 0 Å². The minimum absolute atomic E-state index is 0.0888. The van der Waals surface area contributed by atoms with Crippen LogP contribution < -0.4 is 16.0 Å². The number of carboxylic acid groups (broad SMARTS) is 2. The molecule has 0 bridgehead atoms. The molecule has 0 aromatic carbocycles. The van der Waals surface area contributed by atoms with E-state index in [0.717, 1.165) is 104 Å². The van der Waals surface area contributed by atoms with Crippen LogP contribution in [0.25, 0.3) is 0 Å². The molecule has 6 fully saturated rings. The smallest absolute Gasteiger partial charge is 0.364 e. The number of ketones is 1. The number of aliphatic hydroxyl groups excluding tert-OH is 19. The summed E-state index contributed by atoms with van der Waals surface area (Å²) >= 11 is 0. The first-order valence-corrected chi connectivity index (χ1v) is 45.1. The lowest BCUT2D eigenvalue weighted by Crippen LogP contribution is -2.71. The molecule has 0 spiro atoms. The number of hydrogen-bond donors (Lipinski definition) is 24. The van der Waals surface area contributed by atoms with E-state index in [1.54, 1.807) is 6.08 Å². The van der Waals surface area contributed by atoms with E-state index in [0.29, 0.717) is 12.8 Å². The summed E-state index contributed by atoms with van der Waals surface area (Å²) in [4.78, 5) is 79.7. The molecule has 6 aliphatic rings. The highest BCUT2D eigenvalue weighted by atomic mass is 16.8. The van der Waals surface area contributed by atoms with E-state index in [1.807, 2.05) is 0 Å². The van der Waals surface area contributed by atoms with Gasteiger partial charge in [0.1, 0.15) is 128 Å². The number of amides is 3. The van der Waals surface area contributed by atoms with Gasteiger partial charge in [-0.05, 0) is 51.9 Å². The van der Waals surface area contributed by atoms with Gasteiger partial charge in [0.25, 0.3) is 11.6 Å². The molecule has 34 atom stereocenters. The average molecular weight is 1840 g/mol. The Morgan fingerprint density at radius 3 is 1.27 bits per heavy atom. The van der Waals surface area contributed by atoms with Crippen molar-refractivity contribution < 1.29 is 193 Å². The maximum absolute atomic E-state index is 14.1. The fraction of sp³-hybridized carbons (Fsp3) is 0.882. The number of allylic oxidation sites excluding steroid dienone is 3. The zero-order valence-corrected chi connectivity index (χ0v) is 73.5. The Morgan fingerprint density at radius 1 is 0.433 bits per heavy atom. The summed E-state index contributed by atoms with van der Waals surface area (Å²) in [6, 6.07) is -4.78. The van der Waals surface area contributed by atoms with Crippen LogP contribution in [0.5, 0.6) is 0 Å². The quantitative estimate of drug-likeness (QED) is 0.0213. The normalized spacial score (nSPS) is 35.2. The molecule has 127 heavy (non-hydrogen) atoms. The van der Waals surface area contributed by atoms with Crippen molar-refractivity contribution in [3.8, 4) is 0 Å². The van der Waals surface area contributed by atoms with Gasteiger partial charge in [0.2, 0.25) is 17.7 Å². The van der Waals surface area contributed by atoms with Crippen LogP contribution in [0, 0.1) is 5.92 Å². The predicted molar refractivity (Wildman–Crippen MR) is 441 cm³/mol. The van der Waals surface area contributed by atoms with E-state index in [9.17, 15) is 136 Å². The van der Waals surface area contributed by atoms with Crippen molar-refractivity contribution in [2.24, 2.45) is 5.92 Å². The molecule has 24 N–H and O–H groups in total. The molecule has 0 aromatic heterocycles. The van der Waals surface area contributed by atoms with Gasteiger partial charge >= 0.3 is 11.9 Å². The zero-order chi connectivity index (χ0) is 93.8. The number of rotatable bonds is 59. The standard InChI is InChI=1S/C85H147N3O39/c1-6-8-10-12-14-16-18-20-21-23-25-27-29-31-33-35-60(103)88-50(51(98)34-32-30-28-26-24-22-19-17-15-13-11-9-7-2)45-116-79-68(109)67(108)72(58(43-93)119-79)122-81-70(111)77(127-85(83(114)115)38-53(100)62(87-48(5)97)75(125-85)64(105)55(102)40-90)73(59(44-94)120-81)123-78-49(36-46(3)95)71(65(106)56(41-91)117-78)121-80-69(110)76(66(107)57(42-92)118-80)126-84(82(112)113)37-52(99)61(86-47(4)96)74(124-84)63(104)54(101)39-89/h16,18,32,34,49-59,61-81,89-94,98-102,104-111H,6-15,17,19-31,33,35-45H2,1-5H3,(H,86,96)(H,87,97)(H,88,103)(H,112,113)(H,114,115). The summed E-state index contributed by atoms with van der Waals surface area (Å²) < 4.78 is 72.7.